The van der Waals surface area contributed by atoms with Crippen LogP contribution >= 0.6 is 0 Å². The van der Waals surface area contributed by atoms with E-state index in [2.05, 4.69) is 10.5 Å². The van der Waals surface area contributed by atoms with Crippen LogP contribution < -0.4 is 19.6 Å². The lowest BCUT2D eigenvalue weighted by atomic mass is 10.2. The molecule has 1 aliphatic heterocycles. The molecule has 0 bridgehead atoms. The predicted octanol–water partition coefficient (Wildman–Crippen LogP) is 1.48. The number of methoxy groups -OCH3 is 3. The van der Waals surface area contributed by atoms with E-state index in [0.29, 0.717) is 49.0 Å². The Bertz CT molecular complexity index is 1100. The van der Waals surface area contributed by atoms with E-state index in [1.165, 1.54) is 31.8 Å². The molecule has 11 heteroatoms. The third kappa shape index (κ3) is 6.04. The SMILES string of the molecule is COc1cc(C=NNC(=O)CN2CCN(S(=O)(=O)c3ccc(C)cc3)CC2)cc(OC)c1OC. The van der Waals surface area contributed by atoms with Crippen LogP contribution in [0.3, 0.4) is 0 Å². The normalized spacial score (nSPS) is 15.3. The summed E-state index contributed by atoms with van der Waals surface area (Å²) in [6.07, 6.45) is 1.48. The van der Waals surface area contributed by atoms with Gasteiger partial charge in [-0.3, -0.25) is 9.69 Å². The third-order valence-corrected chi connectivity index (χ3v) is 7.36. The summed E-state index contributed by atoms with van der Waals surface area (Å²) < 4.78 is 43.0. The average molecular weight is 491 g/mol. The highest BCUT2D eigenvalue weighted by atomic mass is 32.2. The number of rotatable bonds is 9. The molecule has 0 aliphatic carbocycles. The Balaban J connectivity index is 1.52. The van der Waals surface area contributed by atoms with Crippen molar-refractivity contribution in [1.29, 1.82) is 0 Å². The molecule has 184 valence electrons. The zero-order chi connectivity index (χ0) is 24.7. The first-order valence-electron chi connectivity index (χ1n) is 10.7. The fourth-order valence-electron chi connectivity index (χ4n) is 3.58. The van der Waals surface area contributed by atoms with E-state index in [-0.39, 0.29) is 17.3 Å². The maximum Gasteiger partial charge on any atom is 0.254 e. The van der Waals surface area contributed by atoms with Crippen LogP contribution in [0.2, 0.25) is 0 Å². The summed E-state index contributed by atoms with van der Waals surface area (Å²) in [6.45, 7) is 3.57. The number of amides is 1. The van der Waals surface area contributed by atoms with Gasteiger partial charge in [-0.25, -0.2) is 13.8 Å². The molecule has 1 N–H and O–H groups in total. The molecule has 1 heterocycles. The molecule has 0 radical (unpaired) electrons. The summed E-state index contributed by atoms with van der Waals surface area (Å²) in [7, 11) is 1.02. The molecule has 1 fully saturated rings. The number of hydrogen-bond acceptors (Lipinski definition) is 8. The van der Waals surface area contributed by atoms with Crippen molar-refractivity contribution in [2.24, 2.45) is 5.10 Å². The highest BCUT2D eigenvalue weighted by Gasteiger charge is 2.29. The highest BCUT2D eigenvalue weighted by molar-refractivity contribution is 7.89. The summed E-state index contributed by atoms with van der Waals surface area (Å²) in [6, 6.07) is 10.2. The van der Waals surface area contributed by atoms with E-state index >= 15 is 0 Å². The van der Waals surface area contributed by atoms with Crippen LogP contribution in [0, 0.1) is 6.92 Å². The summed E-state index contributed by atoms with van der Waals surface area (Å²) in [5, 5.41) is 4.00. The van der Waals surface area contributed by atoms with Gasteiger partial charge in [0, 0.05) is 31.7 Å². The summed E-state index contributed by atoms with van der Waals surface area (Å²) in [5.74, 6) is 1.13. The number of aryl methyl sites for hydroxylation is 1. The lowest BCUT2D eigenvalue weighted by Crippen LogP contribution is -2.50. The number of hydrazone groups is 1. The lowest BCUT2D eigenvalue weighted by molar-refractivity contribution is -0.122. The van der Waals surface area contributed by atoms with Gasteiger partial charge in [0.2, 0.25) is 15.8 Å². The number of nitrogens with zero attached hydrogens (tertiary/aromatic N) is 3. The standard InChI is InChI=1S/C23H30N4O6S/c1-17-5-7-19(8-6-17)34(29,30)27-11-9-26(10-12-27)16-22(28)25-24-15-18-13-20(31-2)23(33-4)21(14-18)32-3/h5-8,13-15H,9-12,16H2,1-4H3,(H,25,28). The van der Waals surface area contributed by atoms with Gasteiger partial charge in [0.1, 0.15) is 0 Å². The Morgan fingerprint density at radius 1 is 1.00 bits per heavy atom. The van der Waals surface area contributed by atoms with Gasteiger partial charge in [-0.2, -0.15) is 9.41 Å². The predicted molar refractivity (Wildman–Crippen MR) is 128 cm³/mol. The van der Waals surface area contributed by atoms with Crippen molar-refractivity contribution in [3.05, 3.63) is 47.5 Å². The van der Waals surface area contributed by atoms with Gasteiger partial charge < -0.3 is 14.2 Å². The van der Waals surface area contributed by atoms with Crippen molar-refractivity contribution in [2.75, 3.05) is 54.1 Å². The van der Waals surface area contributed by atoms with Gasteiger partial charge in [0.05, 0.1) is 39.0 Å². The molecule has 10 nitrogen and oxygen atoms in total. The first-order chi connectivity index (χ1) is 16.3. The van der Waals surface area contributed by atoms with Crippen LogP contribution in [0.25, 0.3) is 0 Å². The van der Waals surface area contributed by atoms with Gasteiger partial charge in [-0.1, -0.05) is 17.7 Å². The monoisotopic (exact) mass is 490 g/mol. The Morgan fingerprint density at radius 2 is 1.59 bits per heavy atom. The molecule has 2 aromatic rings. The summed E-state index contributed by atoms with van der Waals surface area (Å²) in [5.41, 5.74) is 4.16. The first-order valence-corrected chi connectivity index (χ1v) is 12.1. The topological polar surface area (TPSA) is 110 Å². The molecular weight excluding hydrogens is 460 g/mol. The Morgan fingerprint density at radius 3 is 2.12 bits per heavy atom. The van der Waals surface area contributed by atoms with Crippen molar-refractivity contribution in [1.82, 2.24) is 14.6 Å². The van der Waals surface area contributed by atoms with E-state index in [0.717, 1.165) is 5.56 Å². The highest BCUT2D eigenvalue weighted by Crippen LogP contribution is 2.37. The molecule has 0 spiro atoms. The second kappa shape index (κ2) is 11.3. The number of hydrogen-bond donors (Lipinski definition) is 1. The molecule has 1 amide bonds. The molecule has 0 saturated carbocycles. The minimum atomic E-state index is -3.54. The number of nitrogens with one attached hydrogen (secondary N) is 1. The Labute approximate surface area is 200 Å². The van der Waals surface area contributed by atoms with Crippen molar-refractivity contribution in [3.8, 4) is 17.2 Å². The number of ether oxygens (including phenoxy) is 3. The quantitative estimate of drug-likeness (QED) is 0.419. The van der Waals surface area contributed by atoms with Crippen LogP contribution in [0.15, 0.2) is 46.4 Å². The van der Waals surface area contributed by atoms with Crippen LogP contribution in [0.4, 0.5) is 0 Å². The zero-order valence-corrected chi connectivity index (χ0v) is 20.6. The third-order valence-electron chi connectivity index (χ3n) is 5.45. The van der Waals surface area contributed by atoms with Gasteiger partial charge in [0.15, 0.2) is 11.5 Å². The van der Waals surface area contributed by atoms with Crippen LogP contribution in [0.5, 0.6) is 17.2 Å². The van der Waals surface area contributed by atoms with Crippen LogP contribution in [0.1, 0.15) is 11.1 Å². The number of carbonyl (C=O) groups excluding carboxylic acids is 1. The lowest BCUT2D eigenvalue weighted by Gasteiger charge is -2.33. The van der Waals surface area contributed by atoms with Crippen LogP contribution in [-0.4, -0.2) is 83.8 Å². The van der Waals surface area contributed by atoms with Gasteiger partial charge in [0.25, 0.3) is 5.91 Å². The second-order valence-electron chi connectivity index (χ2n) is 7.75. The van der Waals surface area contributed by atoms with E-state index < -0.39 is 10.0 Å². The van der Waals surface area contributed by atoms with Gasteiger partial charge >= 0.3 is 0 Å². The van der Waals surface area contributed by atoms with E-state index in [4.69, 9.17) is 14.2 Å². The Kier molecular flexibility index (Phi) is 8.48. The average Bonchev–Trinajstić information content (AvgIpc) is 2.84. The fraction of sp³-hybridized carbons (Fsp3) is 0.391. The van der Waals surface area contributed by atoms with Crippen molar-refractivity contribution < 1.29 is 27.4 Å². The van der Waals surface area contributed by atoms with Gasteiger partial charge in [-0.05, 0) is 31.2 Å². The van der Waals surface area contributed by atoms with Crippen LogP contribution in [-0.2, 0) is 14.8 Å². The van der Waals surface area contributed by atoms with Crippen molar-refractivity contribution in [3.63, 3.8) is 0 Å². The molecule has 0 unspecified atom stereocenters. The van der Waals surface area contributed by atoms with Crippen molar-refractivity contribution >= 4 is 22.1 Å². The number of piperazine rings is 1. The number of carbonyl (C=O) groups is 1. The largest absolute Gasteiger partial charge is 0.493 e. The maximum absolute atomic E-state index is 12.8. The molecule has 1 aliphatic rings. The smallest absolute Gasteiger partial charge is 0.254 e. The maximum atomic E-state index is 12.8. The molecular formula is C23H30N4O6S. The second-order valence-corrected chi connectivity index (χ2v) is 9.68. The molecule has 34 heavy (non-hydrogen) atoms. The van der Waals surface area contributed by atoms with E-state index in [9.17, 15) is 13.2 Å². The minimum Gasteiger partial charge on any atom is -0.493 e. The molecule has 0 aromatic heterocycles. The Hall–Kier alpha value is -3.15. The first kappa shape index (κ1) is 25.5. The molecule has 0 atom stereocenters. The zero-order valence-electron chi connectivity index (χ0n) is 19.8. The number of sulfonamides is 1. The molecule has 1 saturated heterocycles. The summed E-state index contributed by atoms with van der Waals surface area (Å²) >= 11 is 0. The van der Waals surface area contributed by atoms with E-state index in [1.54, 1.807) is 36.4 Å². The number of benzene rings is 2. The minimum absolute atomic E-state index is 0.116. The van der Waals surface area contributed by atoms with E-state index in [1.807, 2.05) is 11.8 Å². The fourth-order valence-corrected chi connectivity index (χ4v) is 5.00. The van der Waals surface area contributed by atoms with Crippen molar-refractivity contribution in [2.45, 2.75) is 11.8 Å². The molecule has 3 rings (SSSR count). The molecule has 2 aromatic carbocycles. The van der Waals surface area contributed by atoms with Gasteiger partial charge in [-0.15, -0.1) is 0 Å². The summed E-state index contributed by atoms with van der Waals surface area (Å²) in [4.78, 5) is 14.5.